The summed E-state index contributed by atoms with van der Waals surface area (Å²) < 4.78 is 6.08. The lowest BCUT2D eigenvalue weighted by Gasteiger charge is -2.21. The van der Waals surface area contributed by atoms with Gasteiger partial charge in [0.1, 0.15) is 11.5 Å². The Balaban J connectivity index is 1.46. The molecular weight excluding hydrogens is 379 g/mol. The van der Waals surface area contributed by atoms with Crippen molar-refractivity contribution in [2.45, 2.75) is 50.7 Å². The zero-order valence-corrected chi connectivity index (χ0v) is 17.2. The van der Waals surface area contributed by atoms with E-state index in [-0.39, 0.29) is 0 Å². The molecule has 2 aliphatic rings. The lowest BCUT2D eigenvalue weighted by Crippen LogP contribution is -2.30. The molecule has 2 saturated carbocycles. The van der Waals surface area contributed by atoms with Gasteiger partial charge in [0, 0.05) is 36.8 Å². The highest BCUT2D eigenvalue weighted by Gasteiger charge is 2.38. The van der Waals surface area contributed by atoms with E-state index in [1.54, 1.807) is 12.1 Å². The summed E-state index contributed by atoms with van der Waals surface area (Å²) in [5.41, 5.74) is 2.53. The van der Waals surface area contributed by atoms with Crippen molar-refractivity contribution < 1.29 is 4.74 Å². The molecule has 0 aromatic heterocycles. The van der Waals surface area contributed by atoms with Gasteiger partial charge in [-0.3, -0.25) is 4.90 Å². The molecule has 4 rings (SSSR count). The van der Waals surface area contributed by atoms with Crippen molar-refractivity contribution in [3.05, 3.63) is 57.6 Å². The summed E-state index contributed by atoms with van der Waals surface area (Å²) in [6.45, 7) is 1.93. The predicted octanol–water partition coefficient (Wildman–Crippen LogP) is 5.67. The number of hydrogen-bond acceptors (Lipinski definition) is 3. The second kappa shape index (κ2) is 8.40. The van der Waals surface area contributed by atoms with Gasteiger partial charge in [-0.15, -0.1) is 0 Å². The minimum absolute atomic E-state index is 0.501. The fourth-order valence-corrected chi connectivity index (χ4v) is 3.91. The molecule has 0 aliphatic heterocycles. The van der Waals surface area contributed by atoms with Crippen LogP contribution in [0.1, 0.15) is 36.8 Å². The molecular formula is C22H26Cl2N2O. The van der Waals surface area contributed by atoms with E-state index in [0.717, 1.165) is 36.4 Å². The van der Waals surface area contributed by atoms with Crippen LogP contribution in [0.4, 0.5) is 0 Å². The van der Waals surface area contributed by atoms with Crippen molar-refractivity contribution >= 4 is 23.2 Å². The minimum Gasteiger partial charge on any atom is -0.457 e. The van der Waals surface area contributed by atoms with Crippen LogP contribution in [0.15, 0.2) is 36.4 Å². The summed E-state index contributed by atoms with van der Waals surface area (Å²) in [7, 11) is 1.96. The molecule has 2 aromatic rings. The Morgan fingerprint density at radius 3 is 2.37 bits per heavy atom. The zero-order chi connectivity index (χ0) is 18.8. The van der Waals surface area contributed by atoms with Crippen molar-refractivity contribution in [1.29, 1.82) is 0 Å². The van der Waals surface area contributed by atoms with Crippen molar-refractivity contribution in [1.82, 2.24) is 10.2 Å². The molecule has 0 saturated heterocycles. The summed E-state index contributed by atoms with van der Waals surface area (Å²) in [4.78, 5) is 2.73. The largest absolute Gasteiger partial charge is 0.457 e. The Bertz CT molecular complexity index is 791. The first-order chi connectivity index (χ1) is 13.1. The number of hydrogen-bond donors (Lipinski definition) is 1. The Morgan fingerprint density at radius 2 is 1.74 bits per heavy atom. The van der Waals surface area contributed by atoms with E-state index in [1.165, 1.54) is 37.8 Å². The number of benzene rings is 2. The molecule has 144 valence electrons. The van der Waals surface area contributed by atoms with Crippen molar-refractivity contribution in [3.8, 4) is 11.5 Å². The van der Waals surface area contributed by atoms with Gasteiger partial charge in [-0.05, 0) is 62.9 Å². The molecule has 0 unspecified atom stereocenters. The van der Waals surface area contributed by atoms with Gasteiger partial charge in [0.2, 0.25) is 0 Å². The average Bonchev–Trinajstić information content (AvgIpc) is 3.54. The number of ether oxygens (including phenoxy) is 1. The van der Waals surface area contributed by atoms with Gasteiger partial charge in [0.25, 0.3) is 0 Å². The summed E-state index contributed by atoms with van der Waals surface area (Å²) in [6, 6.07) is 13.6. The SMILES string of the molecule is CNCc1cc(CCN(C2CC2)C2CC2)ccc1Oc1ccc(Cl)c(Cl)c1. The maximum Gasteiger partial charge on any atom is 0.131 e. The molecule has 0 spiro atoms. The molecule has 0 bridgehead atoms. The van der Waals surface area contributed by atoms with Gasteiger partial charge in [-0.1, -0.05) is 35.3 Å². The maximum atomic E-state index is 6.11. The number of nitrogens with zero attached hydrogens (tertiary/aromatic N) is 1. The third kappa shape index (κ3) is 4.97. The molecule has 27 heavy (non-hydrogen) atoms. The fraction of sp³-hybridized carbons (Fsp3) is 0.455. The topological polar surface area (TPSA) is 24.5 Å². The monoisotopic (exact) mass is 404 g/mol. The highest BCUT2D eigenvalue weighted by molar-refractivity contribution is 6.42. The molecule has 3 nitrogen and oxygen atoms in total. The molecule has 1 N–H and O–H groups in total. The Morgan fingerprint density at radius 1 is 1.00 bits per heavy atom. The predicted molar refractivity (Wildman–Crippen MR) is 112 cm³/mol. The molecule has 0 heterocycles. The van der Waals surface area contributed by atoms with Crippen LogP contribution in [-0.4, -0.2) is 30.6 Å². The van der Waals surface area contributed by atoms with Crippen molar-refractivity contribution in [2.24, 2.45) is 0 Å². The van der Waals surface area contributed by atoms with E-state index in [4.69, 9.17) is 27.9 Å². The van der Waals surface area contributed by atoms with Gasteiger partial charge in [0.05, 0.1) is 10.0 Å². The average molecular weight is 405 g/mol. The second-order valence-electron chi connectivity index (χ2n) is 7.60. The Hall–Kier alpha value is -1.26. The van der Waals surface area contributed by atoms with Crippen LogP contribution >= 0.6 is 23.2 Å². The number of rotatable bonds is 9. The van der Waals surface area contributed by atoms with E-state index in [2.05, 4.69) is 28.4 Å². The van der Waals surface area contributed by atoms with Gasteiger partial charge < -0.3 is 10.1 Å². The van der Waals surface area contributed by atoms with Crippen molar-refractivity contribution in [2.75, 3.05) is 13.6 Å². The highest BCUT2D eigenvalue weighted by atomic mass is 35.5. The zero-order valence-electron chi connectivity index (χ0n) is 15.7. The summed E-state index contributed by atoms with van der Waals surface area (Å²) in [5.74, 6) is 1.55. The lowest BCUT2D eigenvalue weighted by atomic mass is 10.1. The third-order valence-corrected chi connectivity index (χ3v) is 6.04. The van der Waals surface area contributed by atoms with Gasteiger partial charge in [0.15, 0.2) is 0 Å². The fourth-order valence-electron chi connectivity index (χ4n) is 3.62. The van der Waals surface area contributed by atoms with Crippen LogP contribution in [0.5, 0.6) is 11.5 Å². The van der Waals surface area contributed by atoms with Crippen LogP contribution in [0.2, 0.25) is 10.0 Å². The molecule has 2 aliphatic carbocycles. The summed E-state index contributed by atoms with van der Waals surface area (Å²) in [5, 5.41) is 4.28. The first kappa shape index (κ1) is 19.1. The van der Waals surface area contributed by atoms with Crippen molar-refractivity contribution in [3.63, 3.8) is 0 Å². The van der Waals surface area contributed by atoms with Gasteiger partial charge in [-0.2, -0.15) is 0 Å². The molecule has 5 heteroatoms. The van der Waals surface area contributed by atoms with Crippen LogP contribution in [-0.2, 0) is 13.0 Å². The second-order valence-corrected chi connectivity index (χ2v) is 8.41. The van der Waals surface area contributed by atoms with Crippen LogP contribution < -0.4 is 10.1 Å². The maximum absolute atomic E-state index is 6.11. The van der Waals surface area contributed by atoms with E-state index < -0.39 is 0 Å². The molecule has 2 fully saturated rings. The smallest absolute Gasteiger partial charge is 0.131 e. The number of halogens is 2. The van der Waals surface area contributed by atoms with Gasteiger partial charge >= 0.3 is 0 Å². The van der Waals surface area contributed by atoms with Crippen LogP contribution in [0.25, 0.3) is 0 Å². The number of nitrogens with one attached hydrogen (secondary N) is 1. The van der Waals surface area contributed by atoms with E-state index >= 15 is 0 Å². The quantitative estimate of drug-likeness (QED) is 0.581. The Kier molecular flexibility index (Phi) is 5.93. The summed E-state index contributed by atoms with van der Waals surface area (Å²) >= 11 is 12.1. The highest BCUT2D eigenvalue weighted by Crippen LogP contribution is 2.37. The first-order valence-corrected chi connectivity index (χ1v) is 10.5. The van der Waals surface area contributed by atoms with Crippen LogP contribution in [0, 0.1) is 0 Å². The minimum atomic E-state index is 0.501. The Labute approximate surface area is 171 Å². The van der Waals surface area contributed by atoms with Crippen LogP contribution in [0.3, 0.4) is 0 Å². The van der Waals surface area contributed by atoms with E-state index in [0.29, 0.717) is 15.8 Å². The molecule has 2 aromatic carbocycles. The standard InChI is InChI=1S/C22H26Cl2N2O/c1-25-14-16-12-15(10-11-26(17-3-4-17)18-5-6-18)2-9-22(16)27-19-7-8-20(23)21(24)13-19/h2,7-9,12-13,17-18,25H,3-6,10-11,14H2,1H3. The van der Waals surface area contributed by atoms with Gasteiger partial charge in [-0.25, -0.2) is 0 Å². The molecule has 0 atom stereocenters. The molecule has 0 radical (unpaired) electrons. The van der Waals surface area contributed by atoms with E-state index in [1.807, 2.05) is 13.1 Å². The molecule has 0 amide bonds. The lowest BCUT2D eigenvalue weighted by molar-refractivity contribution is 0.256. The summed E-state index contributed by atoms with van der Waals surface area (Å²) in [6.07, 6.45) is 6.64. The van der Waals surface area contributed by atoms with E-state index in [9.17, 15) is 0 Å². The first-order valence-electron chi connectivity index (χ1n) is 9.79. The normalized spacial score (nSPS) is 16.7. The third-order valence-electron chi connectivity index (χ3n) is 5.30.